The molecule has 0 radical (unpaired) electrons. The van der Waals surface area contributed by atoms with Crippen LogP contribution in [0.25, 0.3) is 11.6 Å². The van der Waals surface area contributed by atoms with Gasteiger partial charge in [-0.15, -0.1) is 0 Å². The van der Waals surface area contributed by atoms with Gasteiger partial charge in [-0.25, -0.2) is 8.42 Å². The molecule has 0 spiro atoms. The van der Waals surface area contributed by atoms with Gasteiger partial charge in [-0.2, -0.15) is 0 Å². The number of para-hydroxylation sites is 1. The van der Waals surface area contributed by atoms with E-state index in [0.717, 1.165) is 16.9 Å². The number of ether oxygens (including phenoxy) is 1. The SMILES string of the molecule is COc1ccc(/C=C(/C(=O)Nc2ccc(S(=O)(=O)Nc3ccccc3)cc2)c2ccccc2)cc1. The van der Waals surface area contributed by atoms with Gasteiger partial charge in [0.25, 0.3) is 15.9 Å². The number of carbonyl (C=O) groups is 1. The molecule has 35 heavy (non-hydrogen) atoms. The predicted octanol–water partition coefficient (Wildman–Crippen LogP) is 5.68. The first-order chi connectivity index (χ1) is 16.9. The van der Waals surface area contributed by atoms with Crippen molar-refractivity contribution < 1.29 is 17.9 Å². The smallest absolute Gasteiger partial charge is 0.261 e. The molecule has 4 aromatic rings. The quantitative estimate of drug-likeness (QED) is 0.249. The summed E-state index contributed by atoms with van der Waals surface area (Å²) in [5, 5.41) is 2.86. The molecule has 0 unspecified atom stereocenters. The molecule has 4 rings (SSSR count). The lowest BCUT2D eigenvalue weighted by atomic mass is 10.0. The summed E-state index contributed by atoms with van der Waals surface area (Å²) in [6, 6.07) is 31.4. The molecule has 0 saturated carbocycles. The third-order valence-corrected chi connectivity index (χ3v) is 6.60. The molecule has 1 amide bonds. The van der Waals surface area contributed by atoms with E-state index in [0.29, 0.717) is 16.9 Å². The fourth-order valence-electron chi connectivity index (χ4n) is 3.40. The second-order valence-electron chi connectivity index (χ2n) is 7.65. The van der Waals surface area contributed by atoms with E-state index in [1.807, 2.05) is 60.7 Å². The summed E-state index contributed by atoms with van der Waals surface area (Å²) in [5.41, 5.74) is 3.02. The Kier molecular flexibility index (Phi) is 7.28. The third kappa shape index (κ3) is 6.16. The summed E-state index contributed by atoms with van der Waals surface area (Å²) >= 11 is 0. The highest BCUT2D eigenvalue weighted by molar-refractivity contribution is 7.92. The Labute approximate surface area is 205 Å². The molecule has 2 N–H and O–H groups in total. The molecule has 4 aromatic carbocycles. The Balaban J connectivity index is 1.55. The Bertz CT molecular complexity index is 1420. The molecule has 0 aromatic heterocycles. The summed E-state index contributed by atoms with van der Waals surface area (Å²) in [6.07, 6.45) is 1.80. The van der Waals surface area contributed by atoms with E-state index in [9.17, 15) is 13.2 Å². The summed E-state index contributed by atoms with van der Waals surface area (Å²) in [4.78, 5) is 13.3. The van der Waals surface area contributed by atoms with Gasteiger partial charge in [0.15, 0.2) is 0 Å². The highest BCUT2D eigenvalue weighted by atomic mass is 32.2. The maximum absolute atomic E-state index is 13.2. The molecule has 0 aliphatic heterocycles. The van der Waals surface area contributed by atoms with E-state index >= 15 is 0 Å². The molecule has 0 heterocycles. The standard InChI is InChI=1S/C28H24N2O4S/c1-34-25-16-12-21(13-17-25)20-27(22-8-4-2-5-9-22)28(31)29-23-14-18-26(19-15-23)35(32,33)30-24-10-6-3-7-11-24/h2-20,30H,1H3,(H,29,31)/b27-20+. The van der Waals surface area contributed by atoms with Crippen molar-refractivity contribution in [2.75, 3.05) is 17.1 Å². The van der Waals surface area contributed by atoms with Gasteiger partial charge < -0.3 is 10.1 Å². The molecule has 0 aliphatic carbocycles. The van der Waals surface area contributed by atoms with Crippen molar-refractivity contribution in [2.45, 2.75) is 4.90 Å². The molecule has 0 fully saturated rings. The normalized spacial score (nSPS) is 11.5. The lowest BCUT2D eigenvalue weighted by Gasteiger charge is -2.12. The van der Waals surface area contributed by atoms with E-state index in [1.54, 1.807) is 49.6 Å². The number of methoxy groups -OCH3 is 1. The number of anilines is 2. The van der Waals surface area contributed by atoms with Crippen LogP contribution < -0.4 is 14.8 Å². The fraction of sp³-hybridized carbons (Fsp3) is 0.0357. The van der Waals surface area contributed by atoms with Gasteiger partial charge in [-0.05, 0) is 65.7 Å². The number of rotatable bonds is 8. The average Bonchev–Trinajstić information content (AvgIpc) is 2.89. The van der Waals surface area contributed by atoms with Crippen LogP contribution in [0.4, 0.5) is 11.4 Å². The number of amides is 1. The van der Waals surface area contributed by atoms with Crippen LogP contribution in [0.1, 0.15) is 11.1 Å². The zero-order chi connectivity index (χ0) is 24.7. The number of hydrogen-bond donors (Lipinski definition) is 2. The van der Waals surface area contributed by atoms with Gasteiger partial charge in [-0.1, -0.05) is 60.7 Å². The van der Waals surface area contributed by atoms with E-state index in [2.05, 4.69) is 10.0 Å². The molecule has 0 bridgehead atoms. The van der Waals surface area contributed by atoms with Crippen molar-refractivity contribution in [3.63, 3.8) is 0 Å². The van der Waals surface area contributed by atoms with Crippen LogP contribution in [0.3, 0.4) is 0 Å². The van der Waals surface area contributed by atoms with Crippen molar-refractivity contribution in [1.29, 1.82) is 0 Å². The zero-order valence-electron chi connectivity index (χ0n) is 19.0. The minimum atomic E-state index is -3.75. The zero-order valence-corrected chi connectivity index (χ0v) is 19.8. The first-order valence-corrected chi connectivity index (χ1v) is 12.3. The van der Waals surface area contributed by atoms with Gasteiger partial charge in [0.05, 0.1) is 12.0 Å². The molecule has 6 nitrogen and oxygen atoms in total. The van der Waals surface area contributed by atoms with Crippen molar-refractivity contribution in [3.05, 3.63) is 120 Å². The lowest BCUT2D eigenvalue weighted by Crippen LogP contribution is -2.15. The number of hydrogen-bond acceptors (Lipinski definition) is 4. The summed E-state index contributed by atoms with van der Waals surface area (Å²) in [6.45, 7) is 0. The highest BCUT2D eigenvalue weighted by Gasteiger charge is 2.16. The highest BCUT2D eigenvalue weighted by Crippen LogP contribution is 2.23. The predicted molar refractivity (Wildman–Crippen MR) is 140 cm³/mol. The maximum atomic E-state index is 13.2. The first-order valence-electron chi connectivity index (χ1n) is 10.8. The topological polar surface area (TPSA) is 84.5 Å². The van der Waals surface area contributed by atoms with Crippen molar-refractivity contribution in [3.8, 4) is 5.75 Å². The summed E-state index contributed by atoms with van der Waals surface area (Å²) in [5.74, 6) is 0.412. The van der Waals surface area contributed by atoms with Gasteiger partial charge in [0.2, 0.25) is 0 Å². The number of nitrogens with one attached hydrogen (secondary N) is 2. The molecule has 176 valence electrons. The summed E-state index contributed by atoms with van der Waals surface area (Å²) in [7, 11) is -2.15. The van der Waals surface area contributed by atoms with E-state index in [1.165, 1.54) is 12.1 Å². The van der Waals surface area contributed by atoms with Gasteiger partial charge in [0.1, 0.15) is 5.75 Å². The summed E-state index contributed by atoms with van der Waals surface area (Å²) < 4.78 is 33.1. The fourth-order valence-corrected chi connectivity index (χ4v) is 4.46. The third-order valence-electron chi connectivity index (χ3n) is 5.20. The van der Waals surface area contributed by atoms with Crippen LogP contribution in [0, 0.1) is 0 Å². The van der Waals surface area contributed by atoms with Gasteiger partial charge in [0, 0.05) is 16.9 Å². The molecule has 7 heteroatoms. The molecular formula is C28H24N2O4S. The van der Waals surface area contributed by atoms with Crippen LogP contribution in [-0.2, 0) is 14.8 Å². The van der Waals surface area contributed by atoms with Crippen LogP contribution >= 0.6 is 0 Å². The maximum Gasteiger partial charge on any atom is 0.261 e. The van der Waals surface area contributed by atoms with E-state index < -0.39 is 10.0 Å². The second-order valence-corrected chi connectivity index (χ2v) is 9.33. The average molecular weight is 485 g/mol. The van der Waals surface area contributed by atoms with Crippen LogP contribution in [0.2, 0.25) is 0 Å². The molecule has 0 atom stereocenters. The minimum absolute atomic E-state index is 0.0939. The first kappa shape index (κ1) is 23.8. The second kappa shape index (κ2) is 10.7. The van der Waals surface area contributed by atoms with E-state index in [-0.39, 0.29) is 10.8 Å². The Hall–Kier alpha value is -4.36. The van der Waals surface area contributed by atoms with Gasteiger partial charge >= 0.3 is 0 Å². The van der Waals surface area contributed by atoms with Crippen LogP contribution in [0.5, 0.6) is 5.75 Å². The van der Waals surface area contributed by atoms with Crippen molar-refractivity contribution in [2.24, 2.45) is 0 Å². The largest absolute Gasteiger partial charge is 0.497 e. The Morgan fingerprint density at radius 1 is 0.743 bits per heavy atom. The molecular weight excluding hydrogens is 460 g/mol. The van der Waals surface area contributed by atoms with Gasteiger partial charge in [-0.3, -0.25) is 9.52 Å². The van der Waals surface area contributed by atoms with Crippen LogP contribution in [-0.4, -0.2) is 21.4 Å². The molecule has 0 aliphatic rings. The van der Waals surface area contributed by atoms with E-state index in [4.69, 9.17) is 4.74 Å². The lowest BCUT2D eigenvalue weighted by molar-refractivity contribution is -0.111. The number of carbonyl (C=O) groups excluding carboxylic acids is 1. The minimum Gasteiger partial charge on any atom is -0.497 e. The van der Waals surface area contributed by atoms with Crippen molar-refractivity contribution in [1.82, 2.24) is 0 Å². The number of sulfonamides is 1. The monoisotopic (exact) mass is 484 g/mol. The Morgan fingerprint density at radius 2 is 1.34 bits per heavy atom. The molecule has 0 saturated heterocycles. The Morgan fingerprint density at radius 3 is 1.94 bits per heavy atom. The van der Waals surface area contributed by atoms with Crippen molar-refractivity contribution >= 4 is 39.0 Å². The van der Waals surface area contributed by atoms with Crippen LogP contribution in [0.15, 0.2) is 114 Å². The number of benzene rings is 4.